The van der Waals surface area contributed by atoms with Crippen LogP contribution in [0.3, 0.4) is 0 Å². The van der Waals surface area contributed by atoms with Crippen molar-refractivity contribution in [1.29, 1.82) is 0 Å². The van der Waals surface area contributed by atoms with E-state index < -0.39 is 0 Å². The molecule has 106 valence electrons. The molecule has 0 aliphatic carbocycles. The highest BCUT2D eigenvalue weighted by atomic mass is 79.9. The van der Waals surface area contributed by atoms with Gasteiger partial charge in [0.2, 0.25) is 0 Å². The van der Waals surface area contributed by atoms with Gasteiger partial charge in [-0.1, -0.05) is 15.9 Å². The summed E-state index contributed by atoms with van der Waals surface area (Å²) in [6.07, 6.45) is 0. The first-order chi connectivity index (χ1) is 10.1. The Morgan fingerprint density at radius 3 is 2.57 bits per heavy atom. The van der Waals surface area contributed by atoms with Crippen molar-refractivity contribution >= 4 is 32.7 Å². The lowest BCUT2D eigenvalue weighted by molar-refractivity contribution is 0.0965. The third-order valence-corrected chi connectivity index (χ3v) is 3.84. The van der Waals surface area contributed by atoms with Crippen molar-refractivity contribution in [2.45, 2.75) is 0 Å². The second kappa shape index (κ2) is 5.33. The van der Waals surface area contributed by atoms with E-state index in [4.69, 9.17) is 0 Å². The lowest BCUT2D eigenvalue weighted by atomic mass is 10.0. The number of aromatic amines is 1. The Balaban J connectivity index is 2.30. The molecule has 0 aliphatic heterocycles. The summed E-state index contributed by atoms with van der Waals surface area (Å²) in [5.41, 5.74) is 2.86. The maximum Gasteiger partial charge on any atom is 0.253 e. The predicted molar refractivity (Wildman–Crippen MR) is 84.8 cm³/mol. The monoisotopic (exact) mass is 346 g/mol. The number of benzene rings is 2. The molecular formula is C16H12BrFN2O. The zero-order chi connectivity index (χ0) is 15.0. The van der Waals surface area contributed by atoms with Crippen molar-refractivity contribution in [3.05, 3.63) is 58.3 Å². The fourth-order valence-corrected chi connectivity index (χ4v) is 2.72. The van der Waals surface area contributed by atoms with E-state index in [-0.39, 0.29) is 11.7 Å². The van der Waals surface area contributed by atoms with Gasteiger partial charge in [0.05, 0.1) is 11.3 Å². The highest BCUT2D eigenvalue weighted by molar-refractivity contribution is 9.10. The van der Waals surface area contributed by atoms with E-state index in [0.29, 0.717) is 11.3 Å². The Morgan fingerprint density at radius 1 is 1.19 bits per heavy atom. The zero-order valence-corrected chi connectivity index (χ0v) is 12.8. The Kier molecular flexibility index (Phi) is 3.51. The Hall–Kier alpha value is -2.14. The summed E-state index contributed by atoms with van der Waals surface area (Å²) >= 11 is 3.42. The van der Waals surface area contributed by atoms with Gasteiger partial charge in [-0.15, -0.1) is 0 Å². The Bertz CT molecular complexity index is 824. The number of carbonyl (C=O) groups is 1. The minimum atomic E-state index is -0.306. The first-order valence-electron chi connectivity index (χ1n) is 6.39. The normalized spacial score (nSPS) is 10.8. The molecule has 0 fully saturated rings. The number of nitrogens with one attached hydrogen (secondary N) is 2. The maximum absolute atomic E-state index is 13.1. The minimum absolute atomic E-state index is 0.182. The number of aromatic nitrogens is 1. The highest BCUT2D eigenvalue weighted by Gasteiger charge is 2.19. The molecule has 0 unspecified atom stereocenters. The molecule has 0 saturated heterocycles. The van der Waals surface area contributed by atoms with Gasteiger partial charge in [0.15, 0.2) is 0 Å². The predicted octanol–water partition coefficient (Wildman–Crippen LogP) is 4.10. The van der Waals surface area contributed by atoms with Crippen LogP contribution in [0.1, 0.15) is 10.4 Å². The van der Waals surface area contributed by atoms with E-state index in [1.54, 1.807) is 19.2 Å². The van der Waals surface area contributed by atoms with Gasteiger partial charge in [-0.3, -0.25) is 4.79 Å². The van der Waals surface area contributed by atoms with Gasteiger partial charge in [-0.05, 0) is 48.0 Å². The van der Waals surface area contributed by atoms with Crippen molar-refractivity contribution in [1.82, 2.24) is 10.3 Å². The van der Waals surface area contributed by atoms with Crippen molar-refractivity contribution < 1.29 is 9.18 Å². The summed E-state index contributed by atoms with van der Waals surface area (Å²) in [4.78, 5) is 15.5. The molecule has 0 bridgehead atoms. The van der Waals surface area contributed by atoms with Crippen molar-refractivity contribution in [3.63, 3.8) is 0 Å². The van der Waals surface area contributed by atoms with E-state index in [2.05, 4.69) is 26.2 Å². The number of fused-ring (bicyclic) bond motifs is 1. The van der Waals surface area contributed by atoms with Gasteiger partial charge in [0, 0.05) is 22.4 Å². The number of carbonyl (C=O) groups excluding carboxylic acids is 1. The van der Waals surface area contributed by atoms with Gasteiger partial charge in [0.1, 0.15) is 5.82 Å². The molecular weight excluding hydrogens is 335 g/mol. The SMILES string of the molecule is CNC(=O)c1c(-c2ccc(F)cc2)[nH]c2ccc(Br)cc12. The van der Waals surface area contributed by atoms with Crippen LogP contribution in [0.15, 0.2) is 46.9 Å². The Morgan fingerprint density at radius 2 is 1.90 bits per heavy atom. The summed E-state index contributed by atoms with van der Waals surface area (Å²) in [6.45, 7) is 0. The zero-order valence-electron chi connectivity index (χ0n) is 11.2. The van der Waals surface area contributed by atoms with Crippen molar-refractivity contribution in [2.75, 3.05) is 7.05 Å². The van der Waals surface area contributed by atoms with E-state index in [1.807, 2.05) is 18.2 Å². The second-order valence-corrected chi connectivity index (χ2v) is 5.57. The molecule has 3 rings (SSSR count). The number of hydrogen-bond acceptors (Lipinski definition) is 1. The summed E-state index contributed by atoms with van der Waals surface area (Å²) in [5.74, 6) is -0.488. The summed E-state index contributed by atoms with van der Waals surface area (Å²) in [7, 11) is 1.59. The van der Waals surface area contributed by atoms with Crippen LogP contribution in [-0.4, -0.2) is 17.9 Å². The molecule has 2 aromatic carbocycles. The molecule has 1 amide bonds. The topological polar surface area (TPSA) is 44.9 Å². The van der Waals surface area contributed by atoms with E-state index in [0.717, 1.165) is 20.9 Å². The molecule has 0 saturated carbocycles. The molecule has 0 radical (unpaired) electrons. The van der Waals surface area contributed by atoms with Gasteiger partial charge in [0.25, 0.3) is 5.91 Å². The molecule has 1 aromatic heterocycles. The van der Waals surface area contributed by atoms with Crippen LogP contribution in [0, 0.1) is 5.82 Å². The van der Waals surface area contributed by atoms with Gasteiger partial charge < -0.3 is 10.3 Å². The third-order valence-electron chi connectivity index (χ3n) is 3.35. The van der Waals surface area contributed by atoms with Crippen molar-refractivity contribution in [3.8, 4) is 11.3 Å². The summed E-state index contributed by atoms with van der Waals surface area (Å²) < 4.78 is 14.0. The Labute approximate surface area is 129 Å². The lowest BCUT2D eigenvalue weighted by Gasteiger charge is -2.04. The maximum atomic E-state index is 13.1. The van der Waals surface area contributed by atoms with E-state index >= 15 is 0 Å². The van der Waals surface area contributed by atoms with E-state index in [9.17, 15) is 9.18 Å². The number of hydrogen-bond donors (Lipinski definition) is 2. The first kappa shape index (κ1) is 13.8. The number of halogens is 2. The summed E-state index contributed by atoms with van der Waals surface area (Å²) in [5, 5.41) is 3.47. The van der Waals surface area contributed by atoms with Crippen LogP contribution in [0.2, 0.25) is 0 Å². The van der Waals surface area contributed by atoms with Crippen LogP contribution < -0.4 is 5.32 Å². The molecule has 0 spiro atoms. The number of H-pyrrole nitrogens is 1. The van der Waals surface area contributed by atoms with Crippen LogP contribution in [0.4, 0.5) is 4.39 Å². The van der Waals surface area contributed by atoms with Gasteiger partial charge >= 0.3 is 0 Å². The molecule has 0 aliphatic rings. The molecule has 5 heteroatoms. The smallest absolute Gasteiger partial charge is 0.253 e. The van der Waals surface area contributed by atoms with Crippen LogP contribution >= 0.6 is 15.9 Å². The first-order valence-corrected chi connectivity index (χ1v) is 7.18. The third kappa shape index (κ3) is 2.45. The molecule has 1 heterocycles. The largest absolute Gasteiger partial charge is 0.355 e. The van der Waals surface area contributed by atoms with Crippen LogP contribution in [0.5, 0.6) is 0 Å². The summed E-state index contributed by atoms with van der Waals surface area (Å²) in [6, 6.07) is 11.8. The van der Waals surface area contributed by atoms with E-state index in [1.165, 1.54) is 12.1 Å². The molecule has 2 N–H and O–H groups in total. The molecule has 21 heavy (non-hydrogen) atoms. The minimum Gasteiger partial charge on any atom is -0.355 e. The molecule has 3 nitrogen and oxygen atoms in total. The molecule has 3 aromatic rings. The molecule has 0 atom stereocenters. The fourth-order valence-electron chi connectivity index (χ4n) is 2.36. The quantitative estimate of drug-likeness (QED) is 0.720. The van der Waals surface area contributed by atoms with Gasteiger partial charge in [-0.2, -0.15) is 0 Å². The highest BCUT2D eigenvalue weighted by Crippen LogP contribution is 2.32. The average Bonchev–Trinajstić information content (AvgIpc) is 2.85. The lowest BCUT2D eigenvalue weighted by Crippen LogP contribution is -2.18. The fraction of sp³-hybridized carbons (Fsp3) is 0.0625. The number of rotatable bonds is 2. The van der Waals surface area contributed by atoms with Crippen LogP contribution in [0.25, 0.3) is 22.2 Å². The van der Waals surface area contributed by atoms with Crippen molar-refractivity contribution in [2.24, 2.45) is 0 Å². The standard InChI is InChI=1S/C16H12BrFN2O/c1-19-16(21)14-12-8-10(17)4-7-13(12)20-15(14)9-2-5-11(18)6-3-9/h2-8,20H,1H3,(H,19,21). The number of amides is 1. The average molecular weight is 347 g/mol. The van der Waals surface area contributed by atoms with Crippen LogP contribution in [-0.2, 0) is 0 Å². The second-order valence-electron chi connectivity index (χ2n) is 4.65. The van der Waals surface area contributed by atoms with Gasteiger partial charge in [-0.25, -0.2) is 4.39 Å².